The number of carbonyl (C=O) groups excluding carboxylic acids is 1. The van der Waals surface area contributed by atoms with Crippen LogP contribution in [0.1, 0.15) is 25.0 Å². The minimum atomic E-state index is -0.444. The second-order valence-corrected chi connectivity index (χ2v) is 7.26. The number of halogens is 1. The highest BCUT2D eigenvalue weighted by molar-refractivity contribution is 6.29. The number of rotatable bonds is 5. The second kappa shape index (κ2) is 8.42. The Morgan fingerprint density at radius 2 is 1.93 bits per heavy atom. The van der Waals surface area contributed by atoms with E-state index in [0.29, 0.717) is 44.5 Å². The van der Waals surface area contributed by atoms with Crippen molar-refractivity contribution in [1.29, 1.82) is 0 Å². The van der Waals surface area contributed by atoms with E-state index in [2.05, 4.69) is 9.97 Å². The molecule has 4 rings (SSSR count). The molecule has 1 aromatic heterocycles. The molecule has 0 spiro atoms. The number of hydrogen-bond acceptors (Lipinski definition) is 7. The lowest BCUT2D eigenvalue weighted by Gasteiger charge is -2.28. The second-order valence-electron chi connectivity index (χ2n) is 6.87. The van der Waals surface area contributed by atoms with E-state index in [4.69, 9.17) is 25.8 Å². The molecule has 2 aromatic rings. The van der Waals surface area contributed by atoms with Crippen LogP contribution in [0.2, 0.25) is 5.15 Å². The zero-order valence-electron chi connectivity index (χ0n) is 16.4. The number of nitrogens with zero attached hydrogens (tertiary/aromatic N) is 4. The molecule has 2 aliphatic rings. The molecule has 0 N–H and O–H groups in total. The molecule has 0 saturated carbocycles. The minimum absolute atomic E-state index is 0.209. The molecule has 0 unspecified atom stereocenters. The lowest BCUT2D eigenvalue weighted by Crippen LogP contribution is -2.38. The average molecular weight is 419 g/mol. The summed E-state index contributed by atoms with van der Waals surface area (Å²) in [7, 11) is 1.62. The molecule has 0 aliphatic carbocycles. The van der Waals surface area contributed by atoms with Gasteiger partial charge in [0.1, 0.15) is 22.8 Å². The van der Waals surface area contributed by atoms with Crippen molar-refractivity contribution in [2.24, 2.45) is 0 Å². The Labute approximate surface area is 174 Å². The molecule has 3 heterocycles. The zero-order valence-corrected chi connectivity index (χ0v) is 17.1. The van der Waals surface area contributed by atoms with Crippen LogP contribution < -0.4 is 14.5 Å². The molecule has 29 heavy (non-hydrogen) atoms. The number of hydrogen-bond donors (Lipinski definition) is 0. The Morgan fingerprint density at radius 3 is 2.59 bits per heavy atom. The van der Waals surface area contributed by atoms with Gasteiger partial charge < -0.3 is 19.1 Å². The zero-order chi connectivity index (χ0) is 20.4. The van der Waals surface area contributed by atoms with Gasteiger partial charge in [-0.2, -0.15) is 4.98 Å². The van der Waals surface area contributed by atoms with Gasteiger partial charge in [-0.25, -0.2) is 9.78 Å². The number of anilines is 2. The van der Waals surface area contributed by atoms with Gasteiger partial charge in [0.05, 0.1) is 26.4 Å². The molecule has 154 valence electrons. The van der Waals surface area contributed by atoms with Gasteiger partial charge in [-0.3, -0.25) is 4.90 Å². The highest BCUT2D eigenvalue weighted by Crippen LogP contribution is 2.38. The Morgan fingerprint density at radius 1 is 1.21 bits per heavy atom. The molecule has 0 bridgehead atoms. The maximum atomic E-state index is 12.8. The van der Waals surface area contributed by atoms with Crippen molar-refractivity contribution in [2.45, 2.75) is 25.5 Å². The van der Waals surface area contributed by atoms with Crippen molar-refractivity contribution in [3.05, 3.63) is 41.0 Å². The van der Waals surface area contributed by atoms with E-state index in [0.717, 1.165) is 11.3 Å². The third kappa shape index (κ3) is 3.95. The minimum Gasteiger partial charge on any atom is -0.497 e. The molecule has 1 amide bonds. The highest BCUT2D eigenvalue weighted by Gasteiger charge is 2.43. The van der Waals surface area contributed by atoms with Crippen LogP contribution >= 0.6 is 11.6 Å². The van der Waals surface area contributed by atoms with Crippen molar-refractivity contribution < 1.29 is 19.0 Å². The lowest BCUT2D eigenvalue weighted by atomic mass is 10.00. The van der Waals surface area contributed by atoms with Gasteiger partial charge in [-0.1, -0.05) is 30.7 Å². The summed E-state index contributed by atoms with van der Waals surface area (Å²) in [5.41, 5.74) is 0.905. The van der Waals surface area contributed by atoms with Crippen molar-refractivity contribution in [2.75, 3.05) is 43.2 Å². The number of aromatic nitrogens is 2. The van der Waals surface area contributed by atoms with Crippen LogP contribution in [0, 0.1) is 0 Å². The summed E-state index contributed by atoms with van der Waals surface area (Å²) in [6.45, 7) is 4.58. The fourth-order valence-corrected chi connectivity index (χ4v) is 3.85. The number of cyclic esters (lactones) is 1. The third-order valence-corrected chi connectivity index (χ3v) is 5.37. The third-order valence-electron chi connectivity index (χ3n) is 5.18. The van der Waals surface area contributed by atoms with Crippen LogP contribution in [0.4, 0.5) is 16.6 Å². The molecule has 2 saturated heterocycles. The van der Waals surface area contributed by atoms with Gasteiger partial charge in [-0.15, -0.1) is 0 Å². The summed E-state index contributed by atoms with van der Waals surface area (Å²) in [6, 6.07) is 8.93. The van der Waals surface area contributed by atoms with Crippen molar-refractivity contribution in [1.82, 2.24) is 9.97 Å². The van der Waals surface area contributed by atoms with Gasteiger partial charge in [0, 0.05) is 19.2 Å². The molecule has 2 aliphatic heterocycles. The Bertz CT molecular complexity index is 873. The molecular formula is C20H23ClN4O4. The topological polar surface area (TPSA) is 77.0 Å². The SMILES string of the molecule is CC[C@@H]1[C@@H](c2ccc(OC)cc2)OC(=O)N1c1cc(Cl)nc(N2CCOCC2)n1. The Hall–Kier alpha value is -2.58. The van der Waals surface area contributed by atoms with Gasteiger partial charge >= 0.3 is 6.09 Å². The van der Waals surface area contributed by atoms with E-state index >= 15 is 0 Å². The van der Waals surface area contributed by atoms with E-state index < -0.39 is 12.2 Å². The lowest BCUT2D eigenvalue weighted by molar-refractivity contribution is 0.122. The van der Waals surface area contributed by atoms with Gasteiger partial charge in [0.15, 0.2) is 0 Å². The molecular weight excluding hydrogens is 396 g/mol. The first-order valence-corrected chi connectivity index (χ1v) is 9.99. The van der Waals surface area contributed by atoms with Crippen LogP contribution in [-0.4, -0.2) is 55.5 Å². The van der Waals surface area contributed by atoms with Crippen molar-refractivity contribution in [3.8, 4) is 5.75 Å². The molecule has 9 heteroatoms. The fraction of sp³-hybridized carbons (Fsp3) is 0.450. The van der Waals surface area contributed by atoms with E-state index in [1.165, 1.54) is 0 Å². The largest absolute Gasteiger partial charge is 0.497 e. The predicted octanol–water partition coefficient (Wildman–Crippen LogP) is 3.45. The summed E-state index contributed by atoms with van der Waals surface area (Å²) in [5.74, 6) is 1.69. The van der Waals surface area contributed by atoms with Crippen LogP contribution in [0.5, 0.6) is 5.75 Å². The number of morpholine rings is 1. The fourth-order valence-electron chi connectivity index (χ4n) is 3.68. The van der Waals surface area contributed by atoms with Crippen LogP contribution in [-0.2, 0) is 9.47 Å². The summed E-state index contributed by atoms with van der Waals surface area (Å²) in [5, 5.41) is 0.284. The van der Waals surface area contributed by atoms with Gasteiger partial charge in [0.25, 0.3) is 0 Å². The standard InChI is InChI=1S/C20H23ClN4O4/c1-3-15-18(13-4-6-14(27-2)7-5-13)29-20(26)25(15)17-12-16(21)22-19(23-17)24-8-10-28-11-9-24/h4-7,12,15,18H,3,8-11H2,1-2H3/t15-,18-/m1/s1. The number of carbonyl (C=O) groups is 1. The maximum Gasteiger partial charge on any atom is 0.416 e. The van der Waals surface area contributed by atoms with Gasteiger partial charge in [-0.05, 0) is 24.1 Å². The monoisotopic (exact) mass is 418 g/mol. The van der Waals surface area contributed by atoms with E-state index in [1.54, 1.807) is 18.1 Å². The number of methoxy groups -OCH3 is 1. The molecule has 0 radical (unpaired) electrons. The van der Waals surface area contributed by atoms with Crippen molar-refractivity contribution >= 4 is 29.5 Å². The first kappa shape index (κ1) is 19.7. The highest BCUT2D eigenvalue weighted by atomic mass is 35.5. The Balaban J connectivity index is 1.64. The van der Waals surface area contributed by atoms with Crippen LogP contribution in [0.3, 0.4) is 0 Å². The number of amides is 1. The summed E-state index contributed by atoms with van der Waals surface area (Å²) in [4.78, 5) is 25.3. The summed E-state index contributed by atoms with van der Waals surface area (Å²) >= 11 is 6.27. The molecule has 8 nitrogen and oxygen atoms in total. The first-order chi connectivity index (χ1) is 14.1. The predicted molar refractivity (Wildman–Crippen MR) is 109 cm³/mol. The number of benzene rings is 1. The Kier molecular flexibility index (Phi) is 5.73. The quantitative estimate of drug-likeness (QED) is 0.688. The van der Waals surface area contributed by atoms with Crippen LogP contribution in [0.15, 0.2) is 30.3 Å². The number of ether oxygens (including phenoxy) is 3. The van der Waals surface area contributed by atoms with E-state index in [9.17, 15) is 4.79 Å². The maximum absolute atomic E-state index is 12.8. The van der Waals surface area contributed by atoms with Gasteiger partial charge in [0.2, 0.25) is 5.95 Å². The normalized spacial score (nSPS) is 22.0. The average Bonchev–Trinajstić information content (AvgIpc) is 3.10. The molecule has 1 aromatic carbocycles. The van der Waals surface area contributed by atoms with E-state index in [1.807, 2.05) is 36.1 Å². The first-order valence-electron chi connectivity index (χ1n) is 9.61. The van der Waals surface area contributed by atoms with Crippen molar-refractivity contribution in [3.63, 3.8) is 0 Å². The summed E-state index contributed by atoms with van der Waals surface area (Å²) < 4.78 is 16.3. The van der Waals surface area contributed by atoms with E-state index in [-0.39, 0.29) is 11.2 Å². The smallest absolute Gasteiger partial charge is 0.416 e. The molecule has 2 fully saturated rings. The summed E-state index contributed by atoms with van der Waals surface area (Å²) in [6.07, 6.45) is -0.156. The van der Waals surface area contributed by atoms with Crippen LogP contribution in [0.25, 0.3) is 0 Å². The molecule has 2 atom stereocenters.